The second kappa shape index (κ2) is 12.1. The van der Waals surface area contributed by atoms with E-state index >= 15 is 0 Å². The van der Waals surface area contributed by atoms with Gasteiger partial charge in [-0.05, 0) is 24.2 Å². The lowest BCUT2D eigenvalue weighted by molar-refractivity contribution is 0.384. The lowest BCUT2D eigenvalue weighted by Crippen LogP contribution is -2.51. The van der Waals surface area contributed by atoms with E-state index in [1.54, 1.807) is 0 Å². The molecule has 2 atom stereocenters. The van der Waals surface area contributed by atoms with E-state index in [-0.39, 0.29) is 0 Å². The average Bonchev–Trinajstić information content (AvgIpc) is 2.53. The summed E-state index contributed by atoms with van der Waals surface area (Å²) in [5.41, 5.74) is 0. The van der Waals surface area contributed by atoms with E-state index in [1.165, 1.54) is 49.9 Å². The second-order valence-electron chi connectivity index (χ2n) is 6.96. The van der Waals surface area contributed by atoms with Crippen LogP contribution in [-0.4, -0.2) is 40.6 Å². The molecule has 0 aliphatic heterocycles. The lowest BCUT2D eigenvalue weighted by Gasteiger charge is -2.41. The van der Waals surface area contributed by atoms with Gasteiger partial charge < -0.3 is 8.85 Å². The third-order valence-corrected chi connectivity index (χ3v) is 19.6. The Hall–Kier alpha value is 0.704. The van der Waals surface area contributed by atoms with E-state index in [2.05, 4.69) is 53.3 Å². The van der Waals surface area contributed by atoms with Crippen LogP contribution in [0.3, 0.4) is 0 Å². The zero-order valence-electron chi connectivity index (χ0n) is 17.0. The van der Waals surface area contributed by atoms with Crippen molar-refractivity contribution in [2.75, 3.05) is 14.2 Å². The Morgan fingerprint density at radius 3 is 1.09 bits per heavy atom. The fraction of sp³-hybridized carbons (Fsp3) is 1.00. The third kappa shape index (κ3) is 6.50. The highest BCUT2D eigenvalue weighted by atomic mass is 32.2. The predicted molar refractivity (Wildman–Crippen MR) is 112 cm³/mol. The van der Waals surface area contributed by atoms with E-state index in [1.807, 2.05) is 14.2 Å². The van der Waals surface area contributed by atoms with Gasteiger partial charge in [-0.25, -0.2) is 0 Å². The highest BCUT2D eigenvalue weighted by molar-refractivity contribution is 8.03. The molecule has 0 spiro atoms. The number of thioether (sulfide) groups is 1. The molecule has 0 saturated heterocycles. The maximum atomic E-state index is 6.24. The van der Waals surface area contributed by atoms with Crippen molar-refractivity contribution in [2.45, 2.75) is 101 Å². The molecule has 0 heterocycles. The molecule has 0 fully saturated rings. The van der Waals surface area contributed by atoms with Gasteiger partial charge in [0, 0.05) is 24.0 Å². The third-order valence-electron chi connectivity index (χ3n) is 5.40. The van der Waals surface area contributed by atoms with Crippen LogP contribution >= 0.6 is 11.8 Å². The summed E-state index contributed by atoms with van der Waals surface area (Å²) in [6.45, 7) is 14.1. The summed E-state index contributed by atoms with van der Waals surface area (Å²) in [5, 5.41) is 0. The smallest absolute Gasteiger partial charge is 0.204 e. The minimum Gasteiger partial charge on any atom is -0.419 e. The van der Waals surface area contributed by atoms with Gasteiger partial charge in [0.1, 0.15) is 0 Å². The maximum Gasteiger partial charge on any atom is 0.204 e. The zero-order chi connectivity index (χ0) is 17.9. The summed E-state index contributed by atoms with van der Waals surface area (Å²) in [5.74, 6) is 0. The molecule has 0 aromatic carbocycles. The molecule has 2 unspecified atom stereocenters. The molecule has 23 heavy (non-hydrogen) atoms. The Morgan fingerprint density at radius 1 is 0.652 bits per heavy atom. The Bertz CT molecular complexity index is 263. The zero-order valence-corrected chi connectivity index (χ0v) is 19.9. The molecule has 2 nitrogen and oxygen atoms in total. The quantitative estimate of drug-likeness (QED) is 0.326. The van der Waals surface area contributed by atoms with Crippen molar-refractivity contribution in [1.29, 1.82) is 0 Å². The Labute approximate surface area is 152 Å². The van der Waals surface area contributed by atoms with Crippen molar-refractivity contribution in [2.24, 2.45) is 0 Å². The van der Waals surface area contributed by atoms with Crippen molar-refractivity contribution in [1.82, 2.24) is 0 Å². The van der Waals surface area contributed by atoms with Crippen molar-refractivity contribution in [3.05, 3.63) is 0 Å². The van der Waals surface area contributed by atoms with Crippen LogP contribution in [0.4, 0.5) is 0 Å². The first-order valence-corrected chi connectivity index (χ1v) is 15.4. The van der Waals surface area contributed by atoms with E-state index in [9.17, 15) is 0 Å². The molecule has 140 valence electrons. The number of hydrogen-bond donors (Lipinski definition) is 0. The lowest BCUT2D eigenvalue weighted by atomic mass is 10.6. The van der Waals surface area contributed by atoms with Gasteiger partial charge in [-0.2, -0.15) is 11.8 Å². The topological polar surface area (TPSA) is 18.5 Å². The summed E-state index contributed by atoms with van der Waals surface area (Å²) >= 11 is 2.20. The van der Waals surface area contributed by atoms with Gasteiger partial charge in [0.2, 0.25) is 16.6 Å². The van der Waals surface area contributed by atoms with Crippen LogP contribution in [-0.2, 0) is 8.85 Å². The summed E-state index contributed by atoms with van der Waals surface area (Å²) in [6, 6.07) is 5.17. The molecule has 0 bridgehead atoms. The predicted octanol–water partition coefficient (Wildman–Crippen LogP) is 6.40. The SMILES string of the molecule is CCC[Si](CCC)(OC)C(C)SC(C)[Si](CCC)(CCC)OC. The van der Waals surface area contributed by atoms with Crippen molar-refractivity contribution in [3.8, 4) is 0 Å². The molecule has 0 aromatic rings. The summed E-state index contributed by atoms with van der Waals surface area (Å²) in [7, 11) is 0.654. The van der Waals surface area contributed by atoms with Crippen LogP contribution in [0.15, 0.2) is 0 Å². The summed E-state index contributed by atoms with van der Waals surface area (Å²) in [6.07, 6.45) is 4.98. The Morgan fingerprint density at radius 2 is 0.913 bits per heavy atom. The highest BCUT2D eigenvalue weighted by Gasteiger charge is 2.44. The molecule has 0 amide bonds. The normalized spacial score (nSPS) is 15.7. The first kappa shape index (κ1) is 23.7. The van der Waals surface area contributed by atoms with Gasteiger partial charge in [-0.1, -0.05) is 67.2 Å². The molecule has 0 N–H and O–H groups in total. The monoisotopic (exact) mass is 378 g/mol. The van der Waals surface area contributed by atoms with Crippen LogP contribution in [0, 0.1) is 0 Å². The van der Waals surface area contributed by atoms with E-state index in [0.717, 1.165) is 0 Å². The summed E-state index contributed by atoms with van der Waals surface area (Å²) < 4.78 is 12.5. The van der Waals surface area contributed by atoms with Crippen LogP contribution in [0.25, 0.3) is 0 Å². The van der Waals surface area contributed by atoms with Gasteiger partial charge in [0.05, 0.1) is 0 Å². The van der Waals surface area contributed by atoms with Gasteiger partial charge >= 0.3 is 0 Å². The number of hydrogen-bond acceptors (Lipinski definition) is 3. The van der Waals surface area contributed by atoms with E-state index in [0.29, 0.717) is 9.75 Å². The van der Waals surface area contributed by atoms with Gasteiger partial charge in [-0.15, -0.1) is 0 Å². The first-order chi connectivity index (χ1) is 10.9. The van der Waals surface area contributed by atoms with Gasteiger partial charge in [-0.3, -0.25) is 0 Å². The van der Waals surface area contributed by atoms with Crippen molar-refractivity contribution >= 4 is 28.4 Å². The fourth-order valence-electron chi connectivity index (χ4n) is 4.05. The second-order valence-corrected chi connectivity index (χ2v) is 18.3. The van der Waals surface area contributed by atoms with Crippen molar-refractivity contribution in [3.63, 3.8) is 0 Å². The average molecular weight is 379 g/mol. The van der Waals surface area contributed by atoms with E-state index < -0.39 is 16.6 Å². The molecule has 0 radical (unpaired) electrons. The molecule has 0 aliphatic rings. The van der Waals surface area contributed by atoms with Crippen LogP contribution < -0.4 is 0 Å². The molecule has 0 rings (SSSR count). The minimum atomic E-state index is -1.64. The fourth-order valence-corrected chi connectivity index (χ4v) is 17.3. The molecular formula is C18H42O2SSi2. The highest BCUT2D eigenvalue weighted by Crippen LogP contribution is 2.39. The Balaban J connectivity index is 5.22. The molecule has 5 heteroatoms. The first-order valence-electron chi connectivity index (χ1n) is 9.67. The molecule has 0 saturated carbocycles. The van der Waals surface area contributed by atoms with Gasteiger partial charge in [0.25, 0.3) is 0 Å². The van der Waals surface area contributed by atoms with Crippen LogP contribution in [0.5, 0.6) is 0 Å². The van der Waals surface area contributed by atoms with Crippen LogP contribution in [0.1, 0.15) is 67.2 Å². The largest absolute Gasteiger partial charge is 0.419 e. The van der Waals surface area contributed by atoms with Gasteiger partial charge in [0.15, 0.2) is 0 Å². The van der Waals surface area contributed by atoms with E-state index in [4.69, 9.17) is 8.85 Å². The molecule has 0 aliphatic carbocycles. The molecule has 0 aromatic heterocycles. The van der Waals surface area contributed by atoms with Crippen LogP contribution in [0.2, 0.25) is 24.2 Å². The minimum absolute atomic E-state index is 0.651. The maximum absolute atomic E-state index is 6.24. The molecular weight excluding hydrogens is 336 g/mol. The Kier molecular flexibility index (Phi) is 12.5. The number of rotatable bonds is 14. The standard InChI is InChI=1S/C18H42O2SSi2/c1-9-13-22(19-7,14-10-2)17(5)21-18(6)23(20-8,15-11-3)16-12-4/h17-18H,9-16H2,1-8H3. The van der Waals surface area contributed by atoms with Crippen molar-refractivity contribution < 1.29 is 8.85 Å². The summed E-state index contributed by atoms with van der Waals surface area (Å²) in [4.78, 5) is 1.30.